The molecule has 0 saturated carbocycles. The van der Waals surface area contributed by atoms with Gasteiger partial charge in [-0.1, -0.05) is 15.9 Å². The highest BCUT2D eigenvalue weighted by molar-refractivity contribution is 9.10. The zero-order valence-corrected chi connectivity index (χ0v) is 16.4. The van der Waals surface area contributed by atoms with Gasteiger partial charge in [0.1, 0.15) is 5.58 Å². The van der Waals surface area contributed by atoms with Gasteiger partial charge in [-0.15, -0.1) is 0 Å². The molecule has 2 N–H and O–H groups in total. The second-order valence-corrected chi connectivity index (χ2v) is 7.08. The zero-order valence-electron chi connectivity index (χ0n) is 14.8. The predicted octanol–water partition coefficient (Wildman–Crippen LogP) is 5.60. The van der Waals surface area contributed by atoms with Gasteiger partial charge in [0, 0.05) is 26.8 Å². The van der Waals surface area contributed by atoms with Crippen molar-refractivity contribution in [1.82, 2.24) is 0 Å². The third-order valence-electron chi connectivity index (χ3n) is 4.25. The Hall–Kier alpha value is -3.32. The van der Waals surface area contributed by atoms with Crippen LogP contribution in [0.15, 0.2) is 74.2 Å². The number of anilines is 2. The molecule has 2 aromatic carbocycles. The lowest BCUT2D eigenvalue weighted by Gasteiger charge is -2.06. The first-order valence-electron chi connectivity index (χ1n) is 8.46. The topological polar surface area (TPSA) is 84.5 Å². The van der Waals surface area contributed by atoms with Crippen LogP contribution in [0.4, 0.5) is 11.4 Å². The summed E-state index contributed by atoms with van der Waals surface area (Å²) in [5.74, 6) is -0.185. The number of benzene rings is 2. The molecule has 0 atom stereocenters. The molecule has 4 rings (SSSR count). The van der Waals surface area contributed by atoms with Gasteiger partial charge >= 0.3 is 0 Å². The number of hydrogen-bond acceptors (Lipinski definition) is 4. The van der Waals surface area contributed by atoms with E-state index in [1.54, 1.807) is 36.4 Å². The Labute approximate surface area is 168 Å². The van der Waals surface area contributed by atoms with Gasteiger partial charge in [-0.3, -0.25) is 9.59 Å². The van der Waals surface area contributed by atoms with Gasteiger partial charge in [0.25, 0.3) is 11.8 Å². The Kier molecular flexibility index (Phi) is 4.75. The monoisotopic (exact) mass is 438 g/mol. The molecular weight excluding hydrogens is 424 g/mol. The van der Waals surface area contributed by atoms with Crippen molar-refractivity contribution in [1.29, 1.82) is 0 Å². The number of carbonyl (C=O) groups excluding carboxylic acids is 2. The minimum Gasteiger partial charge on any atom is -0.459 e. The largest absolute Gasteiger partial charge is 0.459 e. The van der Waals surface area contributed by atoms with Crippen molar-refractivity contribution in [3.05, 3.63) is 82.4 Å². The summed E-state index contributed by atoms with van der Waals surface area (Å²) in [6.07, 6.45) is 1.44. The first kappa shape index (κ1) is 18.1. The van der Waals surface area contributed by atoms with Crippen molar-refractivity contribution in [2.45, 2.75) is 6.92 Å². The molecule has 2 aromatic heterocycles. The van der Waals surface area contributed by atoms with Crippen LogP contribution in [0.3, 0.4) is 0 Å². The van der Waals surface area contributed by atoms with Crippen LogP contribution in [0.1, 0.15) is 26.7 Å². The van der Waals surface area contributed by atoms with E-state index in [0.717, 1.165) is 15.4 Å². The molecule has 0 saturated heterocycles. The van der Waals surface area contributed by atoms with Crippen LogP contribution in [0.2, 0.25) is 0 Å². The molecule has 0 unspecified atom stereocenters. The number of nitrogens with one attached hydrogen (secondary N) is 2. The van der Waals surface area contributed by atoms with Gasteiger partial charge in [0.15, 0.2) is 11.5 Å². The third-order valence-corrected chi connectivity index (χ3v) is 4.74. The number of furan rings is 2. The fraction of sp³-hybridized carbons (Fsp3) is 0.0476. The number of hydrogen-bond donors (Lipinski definition) is 2. The lowest BCUT2D eigenvalue weighted by Crippen LogP contribution is -2.13. The quantitative estimate of drug-likeness (QED) is 0.434. The van der Waals surface area contributed by atoms with Crippen molar-refractivity contribution in [3.8, 4) is 0 Å². The Bertz CT molecular complexity index is 1160. The SMILES string of the molecule is Cc1c(C(=O)Nc2ccc(NC(=O)c3ccco3)cc2)oc2ccc(Br)cc12. The zero-order chi connectivity index (χ0) is 19.7. The first-order valence-corrected chi connectivity index (χ1v) is 9.25. The average molecular weight is 439 g/mol. The normalized spacial score (nSPS) is 10.8. The standard InChI is InChI=1S/C21H15BrN2O4/c1-12-16-11-13(22)4-9-17(16)28-19(12)21(26)24-15-7-5-14(6-8-15)23-20(25)18-3-2-10-27-18/h2-11H,1H3,(H,23,25)(H,24,26). The number of fused-ring (bicyclic) bond motifs is 1. The molecule has 0 fully saturated rings. The third kappa shape index (κ3) is 3.57. The van der Waals surface area contributed by atoms with Crippen LogP contribution in [-0.4, -0.2) is 11.8 Å². The van der Waals surface area contributed by atoms with E-state index >= 15 is 0 Å². The number of aryl methyl sites for hydroxylation is 1. The highest BCUT2D eigenvalue weighted by Gasteiger charge is 2.18. The molecule has 0 spiro atoms. The summed E-state index contributed by atoms with van der Waals surface area (Å²) in [5.41, 5.74) is 2.60. The van der Waals surface area contributed by atoms with E-state index in [0.29, 0.717) is 17.0 Å². The molecule has 28 heavy (non-hydrogen) atoms. The van der Waals surface area contributed by atoms with E-state index in [4.69, 9.17) is 8.83 Å². The molecule has 2 heterocycles. The molecule has 6 nitrogen and oxygen atoms in total. The van der Waals surface area contributed by atoms with E-state index in [9.17, 15) is 9.59 Å². The predicted molar refractivity (Wildman–Crippen MR) is 110 cm³/mol. The van der Waals surface area contributed by atoms with Crippen molar-refractivity contribution in [2.75, 3.05) is 10.6 Å². The van der Waals surface area contributed by atoms with Crippen LogP contribution < -0.4 is 10.6 Å². The molecule has 140 valence electrons. The van der Waals surface area contributed by atoms with Crippen molar-refractivity contribution < 1.29 is 18.4 Å². The highest BCUT2D eigenvalue weighted by Crippen LogP contribution is 2.28. The molecule has 2 amide bonds. The minimum atomic E-state index is -0.342. The van der Waals surface area contributed by atoms with Crippen LogP contribution in [0, 0.1) is 6.92 Å². The van der Waals surface area contributed by atoms with Crippen molar-refractivity contribution in [3.63, 3.8) is 0 Å². The van der Waals surface area contributed by atoms with Crippen molar-refractivity contribution >= 4 is 50.1 Å². The number of halogens is 1. The van der Waals surface area contributed by atoms with Gasteiger partial charge in [0.05, 0.1) is 6.26 Å². The van der Waals surface area contributed by atoms with E-state index in [2.05, 4.69) is 26.6 Å². The summed E-state index contributed by atoms with van der Waals surface area (Å²) in [4.78, 5) is 24.6. The number of rotatable bonds is 4. The molecular formula is C21H15BrN2O4. The summed E-state index contributed by atoms with van der Waals surface area (Å²) in [5, 5.41) is 6.41. The maximum absolute atomic E-state index is 12.6. The molecule has 0 aliphatic rings. The molecule has 0 bridgehead atoms. The van der Waals surface area contributed by atoms with E-state index < -0.39 is 0 Å². The second kappa shape index (κ2) is 7.36. The first-order chi connectivity index (χ1) is 13.5. The Morgan fingerprint density at radius 1 is 0.929 bits per heavy atom. The van der Waals surface area contributed by atoms with Crippen LogP contribution in [0.5, 0.6) is 0 Å². The molecule has 0 aliphatic carbocycles. The number of carbonyl (C=O) groups is 2. The van der Waals surface area contributed by atoms with Crippen LogP contribution >= 0.6 is 15.9 Å². The lowest BCUT2D eigenvalue weighted by atomic mass is 10.1. The number of amides is 2. The molecule has 4 aromatic rings. The van der Waals surface area contributed by atoms with Gasteiger partial charge in [-0.05, 0) is 61.5 Å². The van der Waals surface area contributed by atoms with Gasteiger partial charge in [-0.25, -0.2) is 0 Å². The minimum absolute atomic E-state index is 0.226. The molecule has 0 radical (unpaired) electrons. The second-order valence-electron chi connectivity index (χ2n) is 6.16. The molecule has 7 heteroatoms. The summed E-state index contributed by atoms with van der Waals surface area (Å²) >= 11 is 3.42. The lowest BCUT2D eigenvalue weighted by molar-refractivity contribution is 0.0989. The fourth-order valence-electron chi connectivity index (χ4n) is 2.83. The Morgan fingerprint density at radius 3 is 2.25 bits per heavy atom. The maximum Gasteiger partial charge on any atom is 0.291 e. The van der Waals surface area contributed by atoms with E-state index in [1.807, 2.05) is 25.1 Å². The van der Waals surface area contributed by atoms with E-state index in [-0.39, 0.29) is 23.3 Å². The molecule has 0 aliphatic heterocycles. The fourth-order valence-corrected chi connectivity index (χ4v) is 3.20. The van der Waals surface area contributed by atoms with E-state index in [1.165, 1.54) is 6.26 Å². The maximum atomic E-state index is 12.6. The average Bonchev–Trinajstić information content (AvgIpc) is 3.32. The van der Waals surface area contributed by atoms with Gasteiger partial charge < -0.3 is 19.5 Å². The van der Waals surface area contributed by atoms with Crippen LogP contribution in [-0.2, 0) is 0 Å². The van der Waals surface area contributed by atoms with Gasteiger partial charge in [-0.2, -0.15) is 0 Å². The smallest absolute Gasteiger partial charge is 0.291 e. The summed E-state index contributed by atoms with van der Waals surface area (Å²) in [6, 6.07) is 15.6. The van der Waals surface area contributed by atoms with Crippen molar-refractivity contribution in [2.24, 2.45) is 0 Å². The Morgan fingerprint density at radius 2 is 1.61 bits per heavy atom. The summed E-state index contributed by atoms with van der Waals surface area (Å²) < 4.78 is 11.7. The van der Waals surface area contributed by atoms with Gasteiger partial charge in [0.2, 0.25) is 0 Å². The van der Waals surface area contributed by atoms with Crippen LogP contribution in [0.25, 0.3) is 11.0 Å². The summed E-state index contributed by atoms with van der Waals surface area (Å²) in [6.45, 7) is 1.85. The Balaban J connectivity index is 1.48. The highest BCUT2D eigenvalue weighted by atomic mass is 79.9. The summed E-state index contributed by atoms with van der Waals surface area (Å²) in [7, 11) is 0.